The first-order chi connectivity index (χ1) is 10.1. The molecule has 0 aliphatic heterocycles. The molecule has 1 fully saturated rings. The van der Waals surface area contributed by atoms with E-state index in [9.17, 15) is 9.90 Å². The van der Waals surface area contributed by atoms with Gasteiger partial charge in [-0.3, -0.25) is 9.69 Å². The smallest absolute Gasteiger partial charge is 0.305 e. The Kier molecular flexibility index (Phi) is 5.37. The number of hydrogen-bond donors (Lipinski definition) is 2. The summed E-state index contributed by atoms with van der Waals surface area (Å²) in [6.07, 6.45) is 5.58. The van der Waals surface area contributed by atoms with Gasteiger partial charge in [0.25, 0.3) is 0 Å². The molecule has 116 valence electrons. The van der Waals surface area contributed by atoms with Gasteiger partial charge in [-0.15, -0.1) is 0 Å². The molecule has 4 nitrogen and oxygen atoms in total. The predicted molar refractivity (Wildman–Crippen MR) is 81.9 cm³/mol. The van der Waals surface area contributed by atoms with Gasteiger partial charge in [0.05, 0.1) is 13.0 Å². The molecule has 21 heavy (non-hydrogen) atoms. The molecule has 2 N–H and O–H groups in total. The average Bonchev–Trinajstić information content (AvgIpc) is 2.48. The van der Waals surface area contributed by atoms with Crippen molar-refractivity contribution in [1.29, 1.82) is 0 Å². The molecule has 1 aliphatic rings. The molecule has 0 saturated heterocycles. The van der Waals surface area contributed by atoms with E-state index >= 15 is 0 Å². The summed E-state index contributed by atoms with van der Waals surface area (Å²) < 4.78 is 0. The monoisotopic (exact) mass is 291 g/mol. The average molecular weight is 291 g/mol. The molecule has 0 spiro atoms. The number of nitrogens with zero attached hydrogens (tertiary/aromatic N) is 1. The highest BCUT2D eigenvalue weighted by atomic mass is 16.4. The van der Waals surface area contributed by atoms with Gasteiger partial charge in [-0.1, -0.05) is 43.5 Å². The Labute approximate surface area is 126 Å². The number of aliphatic hydroxyl groups excluding tert-OH is 1. The fourth-order valence-corrected chi connectivity index (χ4v) is 3.38. The van der Waals surface area contributed by atoms with E-state index in [1.165, 1.54) is 6.42 Å². The lowest BCUT2D eigenvalue weighted by molar-refractivity contribution is -0.141. The van der Waals surface area contributed by atoms with Gasteiger partial charge in [-0.25, -0.2) is 0 Å². The van der Waals surface area contributed by atoms with Crippen molar-refractivity contribution in [2.75, 3.05) is 7.05 Å². The van der Waals surface area contributed by atoms with Gasteiger partial charge in [-0.2, -0.15) is 0 Å². The lowest BCUT2D eigenvalue weighted by atomic mass is 9.78. The molecule has 1 aromatic carbocycles. The summed E-state index contributed by atoms with van der Waals surface area (Å²) in [5.41, 5.74) is 1.85. The predicted octanol–water partition coefficient (Wildman–Crippen LogP) is 2.79. The largest absolute Gasteiger partial charge is 0.481 e. The van der Waals surface area contributed by atoms with E-state index in [4.69, 9.17) is 5.11 Å². The van der Waals surface area contributed by atoms with Gasteiger partial charge in [-0.05, 0) is 31.0 Å². The molecule has 0 heterocycles. The van der Waals surface area contributed by atoms with Crippen molar-refractivity contribution >= 4 is 5.97 Å². The van der Waals surface area contributed by atoms with E-state index in [-0.39, 0.29) is 18.6 Å². The van der Waals surface area contributed by atoms with E-state index in [2.05, 4.69) is 4.90 Å². The van der Waals surface area contributed by atoms with E-state index in [0.29, 0.717) is 0 Å². The number of rotatable bonds is 6. The molecule has 0 bridgehead atoms. The molecule has 1 aromatic rings. The highest BCUT2D eigenvalue weighted by molar-refractivity contribution is 5.68. The Hall–Kier alpha value is -1.39. The minimum Gasteiger partial charge on any atom is -0.481 e. The molecule has 0 radical (unpaired) electrons. The zero-order chi connectivity index (χ0) is 15.3. The van der Waals surface area contributed by atoms with Crippen molar-refractivity contribution in [2.45, 2.75) is 57.2 Å². The van der Waals surface area contributed by atoms with Crippen LogP contribution in [0.15, 0.2) is 24.3 Å². The van der Waals surface area contributed by atoms with Crippen LogP contribution < -0.4 is 0 Å². The van der Waals surface area contributed by atoms with Crippen LogP contribution in [0.5, 0.6) is 0 Å². The Morgan fingerprint density at radius 3 is 2.24 bits per heavy atom. The Balaban J connectivity index is 2.09. The molecular formula is C17H25NO3. The van der Waals surface area contributed by atoms with Crippen LogP contribution in [-0.2, 0) is 17.9 Å². The minimum atomic E-state index is -0.709. The maximum absolute atomic E-state index is 11.3. The van der Waals surface area contributed by atoms with E-state index < -0.39 is 5.97 Å². The molecule has 0 amide bonds. The van der Waals surface area contributed by atoms with Gasteiger partial charge in [0.1, 0.15) is 0 Å². The summed E-state index contributed by atoms with van der Waals surface area (Å²) in [4.78, 5) is 13.5. The quantitative estimate of drug-likeness (QED) is 0.846. The number of benzene rings is 1. The zero-order valence-corrected chi connectivity index (χ0v) is 12.7. The molecule has 2 rings (SSSR count). The van der Waals surface area contributed by atoms with E-state index in [1.807, 2.05) is 31.3 Å². The number of hydrogen-bond acceptors (Lipinski definition) is 3. The summed E-state index contributed by atoms with van der Waals surface area (Å²) in [7, 11) is 2.04. The lowest BCUT2D eigenvalue weighted by Crippen LogP contribution is -2.49. The van der Waals surface area contributed by atoms with Gasteiger partial charge >= 0.3 is 5.97 Å². The highest BCUT2D eigenvalue weighted by Gasteiger charge is 2.37. The number of aliphatic hydroxyl groups is 1. The maximum Gasteiger partial charge on any atom is 0.305 e. The second kappa shape index (κ2) is 7.05. The number of carboxylic acids is 1. The summed E-state index contributed by atoms with van der Waals surface area (Å²) in [5.74, 6) is -0.709. The van der Waals surface area contributed by atoms with Gasteiger partial charge in [0, 0.05) is 12.1 Å². The molecule has 4 heteroatoms. The van der Waals surface area contributed by atoms with Crippen LogP contribution in [0.25, 0.3) is 0 Å². The van der Waals surface area contributed by atoms with Crippen molar-refractivity contribution in [3.63, 3.8) is 0 Å². The first-order valence-corrected chi connectivity index (χ1v) is 7.67. The normalized spacial score (nSPS) is 17.9. The molecule has 0 unspecified atom stereocenters. The van der Waals surface area contributed by atoms with E-state index in [0.717, 1.165) is 43.4 Å². The van der Waals surface area contributed by atoms with Crippen molar-refractivity contribution in [2.24, 2.45) is 0 Å². The fraction of sp³-hybridized carbons (Fsp3) is 0.588. The summed E-state index contributed by atoms with van der Waals surface area (Å²) in [6, 6.07) is 7.88. The molecule has 0 aromatic heterocycles. The van der Waals surface area contributed by atoms with Gasteiger partial charge in [0.15, 0.2) is 0 Å². The van der Waals surface area contributed by atoms with E-state index in [1.54, 1.807) is 0 Å². The number of carbonyl (C=O) groups is 1. The van der Waals surface area contributed by atoms with Crippen LogP contribution in [-0.4, -0.2) is 33.7 Å². The Bertz CT molecular complexity index is 463. The second-order valence-electron chi connectivity index (χ2n) is 6.19. The number of carboxylic acid groups (broad SMARTS) is 1. The van der Waals surface area contributed by atoms with Gasteiger partial charge < -0.3 is 10.2 Å². The van der Waals surface area contributed by atoms with Crippen molar-refractivity contribution in [3.05, 3.63) is 35.4 Å². The summed E-state index contributed by atoms with van der Waals surface area (Å²) >= 11 is 0. The van der Waals surface area contributed by atoms with Crippen LogP contribution in [0.4, 0.5) is 0 Å². The third-order valence-corrected chi connectivity index (χ3v) is 4.70. The highest BCUT2D eigenvalue weighted by Crippen LogP contribution is 2.36. The Morgan fingerprint density at radius 1 is 1.14 bits per heavy atom. The van der Waals surface area contributed by atoms with Crippen LogP contribution in [0.2, 0.25) is 0 Å². The number of aliphatic carboxylic acids is 1. The first kappa shape index (κ1) is 16.0. The lowest BCUT2D eigenvalue weighted by Gasteiger charge is -2.44. The van der Waals surface area contributed by atoms with Crippen molar-refractivity contribution in [1.82, 2.24) is 4.90 Å². The standard InChI is InChI=1S/C17H25NO3/c1-18(12-14-5-7-15(13-19)8-6-14)17(11-16(20)21)9-3-2-4-10-17/h5-8,19H,2-4,9-13H2,1H3,(H,20,21). The van der Waals surface area contributed by atoms with Crippen molar-refractivity contribution < 1.29 is 15.0 Å². The SMILES string of the molecule is CN(Cc1ccc(CO)cc1)C1(CC(=O)O)CCCCC1. The first-order valence-electron chi connectivity index (χ1n) is 7.67. The van der Waals surface area contributed by atoms with Crippen LogP contribution in [0.1, 0.15) is 49.7 Å². The molecule has 0 atom stereocenters. The van der Waals surface area contributed by atoms with Gasteiger partial charge in [0.2, 0.25) is 0 Å². The molecule has 1 aliphatic carbocycles. The second-order valence-corrected chi connectivity index (χ2v) is 6.19. The zero-order valence-electron chi connectivity index (χ0n) is 12.7. The van der Waals surface area contributed by atoms with Crippen LogP contribution >= 0.6 is 0 Å². The van der Waals surface area contributed by atoms with Crippen LogP contribution in [0, 0.1) is 0 Å². The minimum absolute atomic E-state index is 0.0546. The summed E-state index contributed by atoms with van der Waals surface area (Å²) in [5, 5.41) is 18.3. The third-order valence-electron chi connectivity index (χ3n) is 4.70. The topological polar surface area (TPSA) is 60.8 Å². The van der Waals surface area contributed by atoms with Crippen LogP contribution in [0.3, 0.4) is 0 Å². The summed E-state index contributed by atoms with van der Waals surface area (Å²) in [6.45, 7) is 0.804. The maximum atomic E-state index is 11.3. The molecule has 1 saturated carbocycles. The van der Waals surface area contributed by atoms with Crippen molar-refractivity contribution in [3.8, 4) is 0 Å². The Morgan fingerprint density at radius 2 is 1.71 bits per heavy atom. The fourth-order valence-electron chi connectivity index (χ4n) is 3.38. The molecular weight excluding hydrogens is 266 g/mol. The third kappa shape index (κ3) is 4.05.